The predicted molar refractivity (Wildman–Crippen MR) is 99.6 cm³/mol. The molecular weight excluding hydrogens is 343 g/mol. The zero-order valence-corrected chi connectivity index (χ0v) is 15.9. The van der Waals surface area contributed by atoms with Gasteiger partial charge in [0.1, 0.15) is 0 Å². The summed E-state index contributed by atoms with van der Waals surface area (Å²) >= 11 is 12.1. The number of carbonyl (C=O) groups is 1. The lowest BCUT2D eigenvalue weighted by molar-refractivity contribution is -0.147. The van der Waals surface area contributed by atoms with E-state index in [4.69, 9.17) is 23.2 Å². The van der Waals surface area contributed by atoms with E-state index in [9.17, 15) is 4.79 Å². The molecule has 132 valence electrons. The second kappa shape index (κ2) is 7.63. The van der Waals surface area contributed by atoms with E-state index >= 15 is 0 Å². The van der Waals surface area contributed by atoms with Crippen molar-refractivity contribution in [3.05, 3.63) is 33.8 Å². The molecular formula is C19H26Cl2N2O. The first-order valence-electron chi connectivity index (χ1n) is 8.98. The first-order chi connectivity index (χ1) is 11.5. The van der Waals surface area contributed by atoms with E-state index in [0.29, 0.717) is 16.5 Å². The summed E-state index contributed by atoms with van der Waals surface area (Å²) in [6.45, 7) is 2.23. The average molecular weight is 369 g/mol. The van der Waals surface area contributed by atoms with Gasteiger partial charge in [-0.3, -0.25) is 9.69 Å². The van der Waals surface area contributed by atoms with Crippen LogP contribution in [0.4, 0.5) is 0 Å². The molecule has 1 aliphatic carbocycles. The van der Waals surface area contributed by atoms with Crippen LogP contribution in [0.15, 0.2) is 18.2 Å². The molecule has 1 saturated heterocycles. The molecule has 0 aromatic heterocycles. The fourth-order valence-electron chi connectivity index (χ4n) is 4.29. The second-order valence-electron chi connectivity index (χ2n) is 7.12. The van der Waals surface area contributed by atoms with Crippen molar-refractivity contribution in [3.8, 4) is 0 Å². The molecule has 0 atom stereocenters. The van der Waals surface area contributed by atoms with Crippen LogP contribution in [0.1, 0.15) is 50.5 Å². The maximum Gasteiger partial charge on any atom is 0.228 e. The van der Waals surface area contributed by atoms with Crippen molar-refractivity contribution in [2.75, 3.05) is 20.1 Å². The Morgan fingerprint density at radius 1 is 1.08 bits per heavy atom. The zero-order valence-electron chi connectivity index (χ0n) is 14.4. The highest BCUT2D eigenvalue weighted by atomic mass is 35.5. The molecule has 0 spiro atoms. The van der Waals surface area contributed by atoms with Gasteiger partial charge in [-0.05, 0) is 56.2 Å². The van der Waals surface area contributed by atoms with Crippen molar-refractivity contribution in [1.82, 2.24) is 9.80 Å². The maximum atomic E-state index is 13.0. The molecule has 24 heavy (non-hydrogen) atoms. The summed E-state index contributed by atoms with van der Waals surface area (Å²) in [4.78, 5) is 17.6. The van der Waals surface area contributed by atoms with E-state index in [-0.39, 0.29) is 11.6 Å². The van der Waals surface area contributed by atoms with Crippen LogP contribution in [0.25, 0.3) is 0 Å². The third kappa shape index (κ3) is 3.58. The van der Waals surface area contributed by atoms with Crippen molar-refractivity contribution in [2.45, 2.75) is 57.0 Å². The maximum absolute atomic E-state index is 13.0. The number of amides is 1. The van der Waals surface area contributed by atoms with Crippen LogP contribution < -0.4 is 0 Å². The summed E-state index contributed by atoms with van der Waals surface area (Å²) in [5.74, 6) is 0.169. The summed E-state index contributed by atoms with van der Waals surface area (Å²) in [6, 6.07) is 5.46. The molecule has 3 nitrogen and oxygen atoms in total. The number of halogens is 2. The summed E-state index contributed by atoms with van der Waals surface area (Å²) in [5.41, 5.74) is 0.843. The van der Waals surface area contributed by atoms with Gasteiger partial charge in [0.25, 0.3) is 0 Å². The number of carbonyl (C=O) groups excluding carboxylic acids is 1. The first-order valence-corrected chi connectivity index (χ1v) is 9.74. The van der Waals surface area contributed by atoms with Crippen molar-refractivity contribution < 1.29 is 4.79 Å². The fourth-order valence-corrected chi connectivity index (χ4v) is 4.61. The number of likely N-dealkylation sites (tertiary alicyclic amines) is 1. The predicted octanol–water partition coefficient (Wildman–Crippen LogP) is 4.75. The molecule has 1 amide bonds. The van der Waals surface area contributed by atoms with Crippen LogP contribution >= 0.6 is 23.2 Å². The molecule has 2 fully saturated rings. The fraction of sp³-hybridized carbons (Fsp3) is 0.632. The zero-order chi connectivity index (χ0) is 17.2. The van der Waals surface area contributed by atoms with Crippen LogP contribution in [0, 0.1) is 0 Å². The molecule has 1 saturated carbocycles. The highest BCUT2D eigenvalue weighted by molar-refractivity contribution is 6.42. The van der Waals surface area contributed by atoms with Gasteiger partial charge in [-0.1, -0.05) is 35.7 Å². The van der Waals surface area contributed by atoms with Crippen LogP contribution in [-0.4, -0.2) is 41.5 Å². The molecule has 0 radical (unpaired) electrons. The summed E-state index contributed by atoms with van der Waals surface area (Å²) in [7, 11) is 1.99. The first kappa shape index (κ1) is 18.0. The van der Waals surface area contributed by atoms with Crippen LogP contribution in [0.3, 0.4) is 0 Å². The van der Waals surface area contributed by atoms with Gasteiger partial charge < -0.3 is 4.90 Å². The molecule has 2 aliphatic rings. The highest BCUT2D eigenvalue weighted by Gasteiger charge is 2.44. The molecule has 3 rings (SSSR count). The quantitative estimate of drug-likeness (QED) is 0.765. The topological polar surface area (TPSA) is 23.6 Å². The highest BCUT2D eigenvalue weighted by Crippen LogP contribution is 2.38. The van der Waals surface area contributed by atoms with E-state index < -0.39 is 0 Å². The standard InChI is InChI=1S/C19H26Cl2N2O/c1-22(18(24)14-15-7-8-16(20)17(21)13-15)19(9-3-2-4-10-19)23-11-5-6-12-23/h7-8,13H,2-6,9-12,14H2,1H3. The van der Waals surface area contributed by atoms with E-state index in [2.05, 4.69) is 4.90 Å². The Hall–Kier alpha value is -0.770. The van der Waals surface area contributed by atoms with Gasteiger partial charge in [-0.15, -0.1) is 0 Å². The number of rotatable bonds is 4. The smallest absolute Gasteiger partial charge is 0.228 e. The minimum absolute atomic E-state index is 0.0813. The van der Waals surface area contributed by atoms with Crippen molar-refractivity contribution in [3.63, 3.8) is 0 Å². The number of likely N-dealkylation sites (N-methyl/N-ethyl adjacent to an activating group) is 1. The molecule has 1 aromatic rings. The number of hydrogen-bond acceptors (Lipinski definition) is 2. The lowest BCUT2D eigenvalue weighted by Gasteiger charge is -2.50. The Bertz CT molecular complexity index is 593. The van der Waals surface area contributed by atoms with Crippen LogP contribution in [0.5, 0.6) is 0 Å². The normalized spacial score (nSPS) is 21.0. The van der Waals surface area contributed by atoms with E-state index in [1.54, 1.807) is 12.1 Å². The number of hydrogen-bond donors (Lipinski definition) is 0. The average Bonchev–Trinajstić information content (AvgIpc) is 3.13. The molecule has 0 N–H and O–H groups in total. The van der Waals surface area contributed by atoms with Gasteiger partial charge in [-0.2, -0.15) is 0 Å². The Balaban J connectivity index is 1.77. The number of benzene rings is 1. The van der Waals surface area contributed by atoms with Crippen LogP contribution in [-0.2, 0) is 11.2 Å². The van der Waals surface area contributed by atoms with Gasteiger partial charge in [0.2, 0.25) is 5.91 Å². The van der Waals surface area contributed by atoms with Crippen molar-refractivity contribution >= 4 is 29.1 Å². The summed E-state index contributed by atoms with van der Waals surface area (Å²) in [5, 5.41) is 1.04. The van der Waals surface area contributed by atoms with E-state index in [0.717, 1.165) is 31.5 Å². The number of nitrogens with zero attached hydrogens (tertiary/aromatic N) is 2. The molecule has 1 heterocycles. The third-order valence-corrected chi connectivity index (χ3v) is 6.43. The van der Waals surface area contributed by atoms with E-state index in [1.165, 1.54) is 32.1 Å². The molecule has 1 aliphatic heterocycles. The van der Waals surface area contributed by atoms with Gasteiger partial charge in [-0.25, -0.2) is 0 Å². The largest absolute Gasteiger partial charge is 0.327 e. The van der Waals surface area contributed by atoms with Gasteiger partial charge in [0.05, 0.1) is 22.1 Å². The lowest BCUT2D eigenvalue weighted by Crippen LogP contribution is -2.61. The van der Waals surface area contributed by atoms with Gasteiger partial charge in [0.15, 0.2) is 0 Å². The Morgan fingerprint density at radius 2 is 1.75 bits per heavy atom. The van der Waals surface area contributed by atoms with Crippen LogP contribution in [0.2, 0.25) is 10.0 Å². The Labute approximate surface area is 154 Å². The molecule has 1 aromatic carbocycles. The molecule has 0 bridgehead atoms. The van der Waals surface area contributed by atoms with Crippen molar-refractivity contribution in [2.24, 2.45) is 0 Å². The molecule has 0 unspecified atom stereocenters. The van der Waals surface area contributed by atoms with E-state index in [1.807, 2.05) is 18.0 Å². The molecule has 5 heteroatoms. The second-order valence-corrected chi connectivity index (χ2v) is 7.93. The lowest BCUT2D eigenvalue weighted by atomic mass is 9.86. The Kier molecular flexibility index (Phi) is 5.74. The summed E-state index contributed by atoms with van der Waals surface area (Å²) < 4.78 is 0. The minimum Gasteiger partial charge on any atom is -0.327 e. The minimum atomic E-state index is -0.0813. The van der Waals surface area contributed by atoms with Crippen molar-refractivity contribution in [1.29, 1.82) is 0 Å². The SMILES string of the molecule is CN(C(=O)Cc1ccc(Cl)c(Cl)c1)C1(N2CCCC2)CCCCC1. The summed E-state index contributed by atoms with van der Waals surface area (Å²) in [6.07, 6.45) is 8.76. The monoisotopic (exact) mass is 368 g/mol. The Morgan fingerprint density at radius 3 is 2.38 bits per heavy atom. The third-order valence-electron chi connectivity index (χ3n) is 5.69. The van der Waals surface area contributed by atoms with Gasteiger partial charge in [0, 0.05) is 20.1 Å². The van der Waals surface area contributed by atoms with Gasteiger partial charge >= 0.3 is 0 Å².